The van der Waals surface area contributed by atoms with Crippen LogP contribution in [-0.4, -0.2) is 54.6 Å². The van der Waals surface area contributed by atoms with Gasteiger partial charge < -0.3 is 15.0 Å². The van der Waals surface area contributed by atoms with Crippen molar-refractivity contribution in [3.63, 3.8) is 0 Å². The summed E-state index contributed by atoms with van der Waals surface area (Å²) in [7, 11) is 3.02. The SMILES string of the molecule is COc1cncc(C(=O)N(C)CC(C)NC(=O)CC(C)(C)C(F)(F)F)c1C. The number of hydrogen-bond donors (Lipinski definition) is 1. The fourth-order valence-corrected chi connectivity index (χ4v) is 2.50. The first-order chi connectivity index (χ1) is 12.3. The Balaban J connectivity index is 2.70. The second-order valence-electron chi connectivity index (χ2n) is 7.23. The number of nitrogens with one attached hydrogen (secondary N) is 1. The molecule has 1 aromatic heterocycles. The fourth-order valence-electron chi connectivity index (χ4n) is 2.50. The third-order valence-electron chi connectivity index (χ3n) is 4.29. The van der Waals surface area contributed by atoms with Gasteiger partial charge in [0.2, 0.25) is 5.91 Å². The summed E-state index contributed by atoms with van der Waals surface area (Å²) in [5.41, 5.74) is -1.14. The van der Waals surface area contributed by atoms with Gasteiger partial charge in [-0.15, -0.1) is 0 Å². The maximum absolute atomic E-state index is 12.9. The summed E-state index contributed by atoms with van der Waals surface area (Å²) in [5.74, 6) is -0.564. The number of carbonyl (C=O) groups excluding carboxylic acids is 2. The average Bonchev–Trinajstić information content (AvgIpc) is 2.52. The number of ether oxygens (including phenoxy) is 1. The van der Waals surface area contributed by atoms with Crippen LogP contribution in [0, 0.1) is 12.3 Å². The first-order valence-electron chi connectivity index (χ1n) is 8.40. The molecule has 0 saturated carbocycles. The predicted octanol–water partition coefficient (Wildman–Crippen LogP) is 2.95. The molecule has 0 bridgehead atoms. The monoisotopic (exact) mass is 389 g/mol. The van der Waals surface area contributed by atoms with Gasteiger partial charge in [-0.1, -0.05) is 13.8 Å². The molecule has 9 heteroatoms. The molecule has 1 atom stereocenters. The van der Waals surface area contributed by atoms with E-state index in [9.17, 15) is 22.8 Å². The van der Waals surface area contributed by atoms with E-state index < -0.39 is 30.0 Å². The third kappa shape index (κ3) is 5.83. The van der Waals surface area contributed by atoms with Crippen molar-refractivity contribution in [2.24, 2.45) is 5.41 Å². The molecule has 0 aliphatic rings. The number of carbonyl (C=O) groups is 2. The van der Waals surface area contributed by atoms with Crippen molar-refractivity contribution in [3.05, 3.63) is 23.5 Å². The van der Waals surface area contributed by atoms with E-state index in [0.29, 0.717) is 16.9 Å². The molecular formula is C18H26F3N3O3. The molecular weight excluding hydrogens is 363 g/mol. The summed E-state index contributed by atoms with van der Waals surface area (Å²) in [6.07, 6.45) is -2.24. The maximum atomic E-state index is 12.9. The Hall–Kier alpha value is -2.32. The van der Waals surface area contributed by atoms with Gasteiger partial charge in [-0.2, -0.15) is 13.2 Å². The highest BCUT2D eigenvalue weighted by Crippen LogP contribution is 2.40. The highest BCUT2D eigenvalue weighted by atomic mass is 19.4. The zero-order valence-corrected chi connectivity index (χ0v) is 16.4. The standard InChI is InChI=1S/C18H26F3N3O3/c1-11(23-15(25)7-17(3,4)18(19,20)21)10-24(5)16(26)13-8-22-9-14(27-6)12(13)2/h8-9,11H,7,10H2,1-6H3,(H,23,25). The van der Waals surface area contributed by atoms with E-state index in [-0.39, 0.29) is 12.5 Å². The minimum atomic E-state index is -4.47. The molecule has 2 amide bonds. The minimum Gasteiger partial charge on any atom is -0.495 e. The van der Waals surface area contributed by atoms with Crippen LogP contribution in [0.3, 0.4) is 0 Å². The summed E-state index contributed by atoms with van der Waals surface area (Å²) in [4.78, 5) is 29.9. The van der Waals surface area contributed by atoms with Gasteiger partial charge in [0.25, 0.3) is 5.91 Å². The first kappa shape index (κ1) is 22.7. The van der Waals surface area contributed by atoms with Gasteiger partial charge in [-0.05, 0) is 13.8 Å². The van der Waals surface area contributed by atoms with Gasteiger partial charge in [-0.3, -0.25) is 14.6 Å². The Kier molecular flexibility index (Phi) is 7.22. The predicted molar refractivity (Wildman–Crippen MR) is 94.5 cm³/mol. The molecule has 1 aromatic rings. The summed E-state index contributed by atoms with van der Waals surface area (Å²) in [6.45, 7) is 5.44. The van der Waals surface area contributed by atoms with Gasteiger partial charge in [0, 0.05) is 37.8 Å². The molecule has 0 saturated heterocycles. The molecule has 1 rings (SSSR count). The Morgan fingerprint density at radius 3 is 2.41 bits per heavy atom. The number of nitrogens with zero attached hydrogens (tertiary/aromatic N) is 2. The van der Waals surface area contributed by atoms with Gasteiger partial charge >= 0.3 is 6.18 Å². The number of hydrogen-bond acceptors (Lipinski definition) is 4. The van der Waals surface area contributed by atoms with Crippen molar-refractivity contribution in [1.82, 2.24) is 15.2 Å². The molecule has 1 unspecified atom stereocenters. The quantitative estimate of drug-likeness (QED) is 0.778. The molecule has 0 radical (unpaired) electrons. The average molecular weight is 389 g/mol. The maximum Gasteiger partial charge on any atom is 0.394 e. The van der Waals surface area contributed by atoms with Crippen LogP contribution in [0.4, 0.5) is 13.2 Å². The van der Waals surface area contributed by atoms with Crippen molar-refractivity contribution in [3.8, 4) is 5.75 Å². The van der Waals surface area contributed by atoms with Crippen molar-refractivity contribution < 1.29 is 27.5 Å². The van der Waals surface area contributed by atoms with E-state index in [1.807, 2.05) is 0 Å². The lowest BCUT2D eigenvalue weighted by Gasteiger charge is -2.28. The number of aromatic nitrogens is 1. The molecule has 1 heterocycles. The Morgan fingerprint density at radius 2 is 1.89 bits per heavy atom. The molecule has 0 fully saturated rings. The number of halogens is 3. The number of likely N-dealkylation sites (N-methyl/N-ethyl adjacent to an activating group) is 1. The van der Waals surface area contributed by atoms with Crippen LogP contribution in [-0.2, 0) is 4.79 Å². The summed E-state index contributed by atoms with van der Waals surface area (Å²) >= 11 is 0. The first-order valence-corrected chi connectivity index (χ1v) is 8.40. The second kappa shape index (κ2) is 8.58. The van der Waals surface area contributed by atoms with Gasteiger partial charge in [-0.25, -0.2) is 0 Å². The smallest absolute Gasteiger partial charge is 0.394 e. The summed E-state index contributed by atoms with van der Waals surface area (Å²) in [5, 5.41) is 2.51. The molecule has 152 valence electrons. The molecule has 0 spiro atoms. The van der Waals surface area contributed by atoms with Crippen LogP contribution >= 0.6 is 0 Å². The van der Waals surface area contributed by atoms with Crippen LogP contribution in [0.5, 0.6) is 5.75 Å². The minimum absolute atomic E-state index is 0.133. The largest absolute Gasteiger partial charge is 0.495 e. The van der Waals surface area contributed by atoms with Crippen LogP contribution in [0.25, 0.3) is 0 Å². The third-order valence-corrected chi connectivity index (χ3v) is 4.29. The zero-order chi connectivity index (χ0) is 21.0. The van der Waals surface area contributed by atoms with Gasteiger partial charge in [0.1, 0.15) is 5.75 Å². The molecule has 1 N–H and O–H groups in total. The number of amides is 2. The van der Waals surface area contributed by atoms with Crippen LogP contribution in [0.15, 0.2) is 12.4 Å². The summed E-state index contributed by atoms with van der Waals surface area (Å²) in [6, 6.07) is -0.519. The van der Waals surface area contributed by atoms with E-state index in [1.165, 1.54) is 24.4 Å². The van der Waals surface area contributed by atoms with Crippen LogP contribution in [0.2, 0.25) is 0 Å². The fraction of sp³-hybridized carbons (Fsp3) is 0.611. The van der Waals surface area contributed by atoms with Gasteiger partial charge in [0.05, 0.1) is 24.3 Å². The van der Waals surface area contributed by atoms with Crippen molar-refractivity contribution in [2.45, 2.75) is 46.3 Å². The van der Waals surface area contributed by atoms with Crippen LogP contribution < -0.4 is 10.1 Å². The number of methoxy groups -OCH3 is 1. The van der Waals surface area contributed by atoms with Crippen molar-refractivity contribution in [1.29, 1.82) is 0 Å². The number of rotatable bonds is 7. The van der Waals surface area contributed by atoms with E-state index >= 15 is 0 Å². The van der Waals surface area contributed by atoms with E-state index in [4.69, 9.17) is 4.74 Å². The molecule has 0 aliphatic heterocycles. The topological polar surface area (TPSA) is 71.5 Å². The lowest BCUT2D eigenvalue weighted by molar-refractivity contribution is -0.213. The molecule has 27 heavy (non-hydrogen) atoms. The highest BCUT2D eigenvalue weighted by molar-refractivity contribution is 5.95. The van der Waals surface area contributed by atoms with Gasteiger partial charge in [0.15, 0.2) is 0 Å². The van der Waals surface area contributed by atoms with Crippen LogP contribution in [0.1, 0.15) is 43.1 Å². The number of pyridine rings is 1. The Labute approximate surface area is 157 Å². The molecule has 0 aliphatic carbocycles. The number of alkyl halides is 3. The highest BCUT2D eigenvalue weighted by Gasteiger charge is 2.48. The lowest BCUT2D eigenvalue weighted by atomic mass is 9.88. The summed E-state index contributed by atoms with van der Waals surface area (Å²) < 4.78 is 43.8. The lowest BCUT2D eigenvalue weighted by Crippen LogP contribution is -2.45. The van der Waals surface area contributed by atoms with Crippen molar-refractivity contribution >= 4 is 11.8 Å². The second-order valence-corrected chi connectivity index (χ2v) is 7.23. The Morgan fingerprint density at radius 1 is 1.30 bits per heavy atom. The van der Waals surface area contributed by atoms with E-state index in [2.05, 4.69) is 10.3 Å². The molecule has 0 aromatic carbocycles. The zero-order valence-electron chi connectivity index (χ0n) is 16.4. The Bertz CT molecular complexity index is 690. The van der Waals surface area contributed by atoms with E-state index in [0.717, 1.165) is 13.8 Å². The van der Waals surface area contributed by atoms with Crippen molar-refractivity contribution in [2.75, 3.05) is 20.7 Å². The molecule has 6 nitrogen and oxygen atoms in total. The van der Waals surface area contributed by atoms with E-state index in [1.54, 1.807) is 20.9 Å². The normalized spacial score (nSPS) is 13.1.